The van der Waals surface area contributed by atoms with Crippen LogP contribution in [0.5, 0.6) is 0 Å². The maximum atomic E-state index is 5.76. The zero-order valence-electron chi connectivity index (χ0n) is 20.4. The molecule has 3 fully saturated rings. The van der Waals surface area contributed by atoms with Gasteiger partial charge in [-0.25, -0.2) is 0 Å². The summed E-state index contributed by atoms with van der Waals surface area (Å²) in [6, 6.07) is 0. The molecule has 0 aromatic carbocycles. The molecule has 0 aromatic rings. The van der Waals surface area contributed by atoms with E-state index >= 15 is 0 Å². The highest BCUT2D eigenvalue weighted by Crippen LogP contribution is 2.57. The number of ether oxygens (including phenoxy) is 2. The number of hydrogen-bond donors (Lipinski definition) is 0. The van der Waals surface area contributed by atoms with E-state index in [9.17, 15) is 0 Å². The molecule has 0 bridgehead atoms. The lowest BCUT2D eigenvalue weighted by Gasteiger charge is -2.34. The minimum Gasteiger partial charge on any atom is -0.384 e. The summed E-state index contributed by atoms with van der Waals surface area (Å²) in [4.78, 5) is 0. The largest absolute Gasteiger partial charge is 0.384 e. The second-order valence-electron chi connectivity index (χ2n) is 10.9. The van der Waals surface area contributed by atoms with Crippen LogP contribution in [0.4, 0.5) is 0 Å². The van der Waals surface area contributed by atoms with E-state index in [1.807, 2.05) is 14.2 Å². The summed E-state index contributed by atoms with van der Waals surface area (Å²) in [6.07, 6.45) is 12.8. The minimum atomic E-state index is 0.808. The molecule has 3 saturated carbocycles. The van der Waals surface area contributed by atoms with E-state index < -0.39 is 0 Å². The molecule has 2 nitrogen and oxygen atoms in total. The van der Waals surface area contributed by atoms with Crippen LogP contribution in [0.25, 0.3) is 0 Å². The molecular weight excluding hydrogens is 356 g/mol. The highest BCUT2D eigenvalue weighted by Gasteiger charge is 2.51. The van der Waals surface area contributed by atoms with E-state index in [4.69, 9.17) is 9.47 Å². The van der Waals surface area contributed by atoms with Crippen LogP contribution in [-0.2, 0) is 9.47 Å². The van der Waals surface area contributed by atoms with Gasteiger partial charge in [0.1, 0.15) is 0 Å². The molecule has 0 aliphatic heterocycles. The second kappa shape index (κ2) is 11.0. The van der Waals surface area contributed by atoms with Crippen molar-refractivity contribution in [3.63, 3.8) is 0 Å². The van der Waals surface area contributed by atoms with Gasteiger partial charge in [-0.3, -0.25) is 0 Å². The smallest absolute Gasteiger partial charge is 0.0496 e. The quantitative estimate of drug-likeness (QED) is 0.386. The van der Waals surface area contributed by atoms with Gasteiger partial charge in [-0.1, -0.05) is 53.4 Å². The Bertz CT molecular complexity index is 435. The zero-order valence-corrected chi connectivity index (χ0v) is 20.4. The highest BCUT2D eigenvalue weighted by molar-refractivity contribution is 5.00. The van der Waals surface area contributed by atoms with Crippen molar-refractivity contribution in [1.82, 2.24) is 0 Å². The zero-order chi connectivity index (χ0) is 21.0. The molecule has 29 heavy (non-hydrogen) atoms. The molecule has 0 heterocycles. The monoisotopic (exact) mass is 406 g/mol. The third-order valence-corrected chi connectivity index (χ3v) is 9.92. The normalized spacial score (nSPS) is 45.3. The van der Waals surface area contributed by atoms with Crippen LogP contribution in [0.1, 0.15) is 85.5 Å². The van der Waals surface area contributed by atoms with Crippen LogP contribution < -0.4 is 0 Å². The standard InChI is InChI=1S/C27H50O2/c1-7-18-13-20(9-3)26(24(18)16-28-5)22-11-12-23(15-22)27-21(10-4)14-19(8-2)25(27)17-29-6/h18-27H,7-17H2,1-6H3/t18?,19?,20-,21?,22?,23?,24-,25?,26+,27+/m1/s1. The first-order valence-electron chi connectivity index (χ1n) is 13.1. The van der Waals surface area contributed by atoms with E-state index in [2.05, 4.69) is 27.7 Å². The molecule has 10 atom stereocenters. The van der Waals surface area contributed by atoms with Gasteiger partial charge in [0.05, 0.1) is 0 Å². The Morgan fingerprint density at radius 2 is 0.931 bits per heavy atom. The molecule has 3 aliphatic rings. The van der Waals surface area contributed by atoms with Gasteiger partial charge in [0.25, 0.3) is 0 Å². The lowest BCUT2D eigenvalue weighted by molar-refractivity contribution is 0.0658. The fraction of sp³-hybridized carbons (Fsp3) is 1.00. The van der Waals surface area contributed by atoms with Crippen LogP contribution in [0.2, 0.25) is 0 Å². The molecule has 3 rings (SSSR count). The predicted molar refractivity (Wildman–Crippen MR) is 123 cm³/mol. The Kier molecular flexibility index (Phi) is 8.93. The first-order chi connectivity index (χ1) is 14.1. The summed E-state index contributed by atoms with van der Waals surface area (Å²) in [7, 11) is 3.84. The van der Waals surface area contributed by atoms with Crippen LogP contribution in [-0.4, -0.2) is 27.4 Å². The van der Waals surface area contributed by atoms with Gasteiger partial charge < -0.3 is 9.47 Å². The van der Waals surface area contributed by atoms with E-state index in [1.54, 1.807) is 0 Å². The van der Waals surface area contributed by atoms with E-state index in [0.29, 0.717) is 0 Å². The van der Waals surface area contributed by atoms with Crippen LogP contribution in [0.3, 0.4) is 0 Å². The SMILES string of the molecule is CCC1CC(CC)[C@@H](C2CCC([C@@H]3[C@H](CC)CC(CC)[C@H]3COC)C2)C1COC. The molecule has 3 aliphatic carbocycles. The Balaban J connectivity index is 1.75. The van der Waals surface area contributed by atoms with Crippen molar-refractivity contribution in [2.24, 2.45) is 59.2 Å². The summed E-state index contributed by atoms with van der Waals surface area (Å²) < 4.78 is 11.5. The maximum Gasteiger partial charge on any atom is 0.0496 e. The molecular formula is C27H50O2. The molecule has 2 heteroatoms. The number of hydrogen-bond acceptors (Lipinski definition) is 2. The first-order valence-corrected chi connectivity index (χ1v) is 13.1. The molecule has 6 unspecified atom stereocenters. The van der Waals surface area contributed by atoms with Crippen molar-refractivity contribution in [2.45, 2.75) is 85.5 Å². The van der Waals surface area contributed by atoms with Gasteiger partial charge in [0.2, 0.25) is 0 Å². The molecule has 0 radical (unpaired) electrons. The third-order valence-electron chi connectivity index (χ3n) is 9.92. The van der Waals surface area contributed by atoms with Crippen molar-refractivity contribution in [3.8, 4) is 0 Å². The Morgan fingerprint density at radius 1 is 0.552 bits per heavy atom. The van der Waals surface area contributed by atoms with E-state index in [0.717, 1.165) is 72.4 Å². The van der Waals surface area contributed by atoms with Gasteiger partial charge in [-0.05, 0) is 91.3 Å². The third kappa shape index (κ3) is 4.74. The molecule has 0 amide bonds. The Hall–Kier alpha value is -0.0800. The van der Waals surface area contributed by atoms with E-state index in [1.165, 1.54) is 57.8 Å². The molecule has 0 N–H and O–H groups in total. The lowest BCUT2D eigenvalue weighted by Crippen LogP contribution is -2.30. The van der Waals surface area contributed by atoms with Crippen molar-refractivity contribution in [1.29, 1.82) is 0 Å². The fourth-order valence-electron chi connectivity index (χ4n) is 8.69. The van der Waals surface area contributed by atoms with Gasteiger partial charge in [-0.15, -0.1) is 0 Å². The molecule has 170 valence electrons. The van der Waals surface area contributed by atoms with Gasteiger partial charge in [-0.2, -0.15) is 0 Å². The molecule has 0 spiro atoms. The van der Waals surface area contributed by atoms with Crippen LogP contribution in [0, 0.1) is 59.2 Å². The summed E-state index contributed by atoms with van der Waals surface area (Å²) in [6.45, 7) is 11.7. The summed E-state index contributed by atoms with van der Waals surface area (Å²) in [5.41, 5.74) is 0. The minimum absolute atomic E-state index is 0.808. The molecule has 0 aromatic heterocycles. The Labute approximate surface area is 181 Å². The van der Waals surface area contributed by atoms with Crippen molar-refractivity contribution >= 4 is 0 Å². The lowest BCUT2D eigenvalue weighted by atomic mass is 9.72. The summed E-state index contributed by atoms with van der Waals surface area (Å²) in [5, 5.41) is 0. The van der Waals surface area contributed by atoms with Gasteiger partial charge >= 0.3 is 0 Å². The Morgan fingerprint density at radius 3 is 1.24 bits per heavy atom. The van der Waals surface area contributed by atoms with Crippen LogP contribution >= 0.6 is 0 Å². The topological polar surface area (TPSA) is 18.5 Å². The fourth-order valence-corrected chi connectivity index (χ4v) is 8.69. The molecule has 0 saturated heterocycles. The summed E-state index contributed by atoms with van der Waals surface area (Å²) >= 11 is 0. The second-order valence-corrected chi connectivity index (χ2v) is 10.9. The summed E-state index contributed by atoms with van der Waals surface area (Å²) in [5.74, 6) is 9.00. The van der Waals surface area contributed by atoms with E-state index in [-0.39, 0.29) is 0 Å². The van der Waals surface area contributed by atoms with Crippen molar-refractivity contribution in [3.05, 3.63) is 0 Å². The predicted octanol–water partition coefficient (Wildman–Crippen LogP) is 7.07. The number of rotatable bonds is 10. The van der Waals surface area contributed by atoms with Crippen molar-refractivity contribution in [2.75, 3.05) is 27.4 Å². The number of methoxy groups -OCH3 is 2. The van der Waals surface area contributed by atoms with Gasteiger partial charge in [0, 0.05) is 27.4 Å². The highest BCUT2D eigenvalue weighted by atomic mass is 16.5. The maximum absolute atomic E-state index is 5.76. The average Bonchev–Trinajstić information content (AvgIpc) is 3.43. The van der Waals surface area contributed by atoms with Gasteiger partial charge in [0.15, 0.2) is 0 Å². The van der Waals surface area contributed by atoms with Crippen molar-refractivity contribution < 1.29 is 9.47 Å². The first kappa shape index (κ1) is 23.6. The average molecular weight is 407 g/mol. The van der Waals surface area contributed by atoms with Crippen LogP contribution in [0.15, 0.2) is 0 Å².